The highest BCUT2D eigenvalue weighted by Gasteiger charge is 2.29. The van der Waals surface area contributed by atoms with Crippen LogP contribution in [0.15, 0.2) is 12.5 Å². The Labute approximate surface area is 101 Å². The molecule has 2 N–H and O–H groups in total. The molecule has 1 heterocycles. The van der Waals surface area contributed by atoms with Gasteiger partial charge in [-0.15, -0.1) is 0 Å². The van der Waals surface area contributed by atoms with E-state index >= 15 is 0 Å². The van der Waals surface area contributed by atoms with Crippen molar-refractivity contribution in [3.05, 3.63) is 23.8 Å². The van der Waals surface area contributed by atoms with Gasteiger partial charge in [0, 0.05) is 18.8 Å². The SMILES string of the molecule is CC(CC(F)(F)F)NCc1ncncc1C(=O)O. The molecule has 0 bridgehead atoms. The zero-order chi connectivity index (χ0) is 13.8. The van der Waals surface area contributed by atoms with Crippen molar-refractivity contribution >= 4 is 5.97 Å². The number of aromatic nitrogens is 2. The second-order valence-corrected chi connectivity index (χ2v) is 3.79. The molecule has 18 heavy (non-hydrogen) atoms. The molecule has 0 saturated carbocycles. The number of nitrogens with one attached hydrogen (secondary N) is 1. The van der Waals surface area contributed by atoms with E-state index in [4.69, 9.17) is 5.11 Å². The van der Waals surface area contributed by atoms with Crippen molar-refractivity contribution in [2.75, 3.05) is 0 Å². The van der Waals surface area contributed by atoms with Crippen molar-refractivity contribution in [3.8, 4) is 0 Å². The molecule has 0 spiro atoms. The number of carbonyl (C=O) groups is 1. The van der Waals surface area contributed by atoms with Crippen LogP contribution in [0.5, 0.6) is 0 Å². The molecule has 5 nitrogen and oxygen atoms in total. The Morgan fingerprint density at radius 2 is 2.22 bits per heavy atom. The van der Waals surface area contributed by atoms with E-state index in [1.807, 2.05) is 0 Å². The molecule has 1 rings (SSSR count). The number of carboxylic acid groups (broad SMARTS) is 1. The number of carboxylic acids is 1. The number of nitrogens with zero attached hydrogens (tertiary/aromatic N) is 2. The molecule has 1 aromatic heterocycles. The van der Waals surface area contributed by atoms with Crippen LogP contribution in [0.3, 0.4) is 0 Å². The predicted molar refractivity (Wildman–Crippen MR) is 56.0 cm³/mol. The summed E-state index contributed by atoms with van der Waals surface area (Å²) in [5.74, 6) is -1.21. The van der Waals surface area contributed by atoms with Crippen molar-refractivity contribution in [3.63, 3.8) is 0 Å². The summed E-state index contributed by atoms with van der Waals surface area (Å²) in [5, 5.41) is 11.4. The first-order valence-electron chi connectivity index (χ1n) is 5.12. The maximum absolute atomic E-state index is 12.1. The molecule has 1 aromatic rings. The third-order valence-electron chi connectivity index (χ3n) is 2.18. The van der Waals surface area contributed by atoms with Gasteiger partial charge in [0.1, 0.15) is 11.9 Å². The fraction of sp³-hybridized carbons (Fsp3) is 0.500. The summed E-state index contributed by atoms with van der Waals surface area (Å²) < 4.78 is 36.2. The molecule has 0 aromatic carbocycles. The van der Waals surface area contributed by atoms with Crippen LogP contribution in [-0.4, -0.2) is 33.3 Å². The second kappa shape index (κ2) is 5.76. The van der Waals surface area contributed by atoms with Gasteiger partial charge in [0.25, 0.3) is 0 Å². The summed E-state index contributed by atoms with van der Waals surface area (Å²) in [4.78, 5) is 18.1. The van der Waals surface area contributed by atoms with E-state index in [0.29, 0.717) is 0 Å². The molecular weight excluding hydrogens is 251 g/mol. The summed E-state index contributed by atoms with van der Waals surface area (Å²) in [5.41, 5.74) is 0.0377. The lowest BCUT2D eigenvalue weighted by molar-refractivity contribution is -0.139. The van der Waals surface area contributed by atoms with E-state index in [2.05, 4.69) is 15.3 Å². The Bertz CT molecular complexity index is 423. The number of hydrogen-bond donors (Lipinski definition) is 2. The lowest BCUT2D eigenvalue weighted by Crippen LogP contribution is -2.31. The monoisotopic (exact) mass is 263 g/mol. The number of alkyl halides is 3. The first-order valence-corrected chi connectivity index (χ1v) is 5.12. The molecule has 0 aliphatic rings. The number of rotatable bonds is 5. The van der Waals surface area contributed by atoms with E-state index in [0.717, 1.165) is 12.5 Å². The van der Waals surface area contributed by atoms with Crippen LogP contribution in [0.2, 0.25) is 0 Å². The first-order chi connectivity index (χ1) is 8.29. The molecule has 100 valence electrons. The van der Waals surface area contributed by atoms with Crippen molar-refractivity contribution in [1.82, 2.24) is 15.3 Å². The summed E-state index contributed by atoms with van der Waals surface area (Å²) >= 11 is 0. The molecule has 1 atom stereocenters. The summed E-state index contributed by atoms with van der Waals surface area (Å²) in [6.45, 7) is 1.32. The van der Waals surface area contributed by atoms with Gasteiger partial charge in [0.05, 0.1) is 12.1 Å². The zero-order valence-corrected chi connectivity index (χ0v) is 9.53. The van der Waals surface area contributed by atoms with E-state index in [9.17, 15) is 18.0 Å². The van der Waals surface area contributed by atoms with Gasteiger partial charge in [-0.2, -0.15) is 13.2 Å². The second-order valence-electron chi connectivity index (χ2n) is 3.79. The maximum atomic E-state index is 12.1. The molecule has 0 amide bonds. The molecule has 0 saturated heterocycles. The molecule has 0 radical (unpaired) electrons. The Hall–Kier alpha value is -1.70. The van der Waals surface area contributed by atoms with Gasteiger partial charge in [-0.25, -0.2) is 14.8 Å². The van der Waals surface area contributed by atoms with Crippen molar-refractivity contribution < 1.29 is 23.1 Å². The fourth-order valence-corrected chi connectivity index (χ4v) is 1.36. The maximum Gasteiger partial charge on any atom is 0.390 e. The molecule has 1 unspecified atom stereocenters. The van der Waals surface area contributed by atoms with Gasteiger partial charge in [0.15, 0.2) is 0 Å². The lowest BCUT2D eigenvalue weighted by atomic mass is 10.2. The Balaban J connectivity index is 2.61. The van der Waals surface area contributed by atoms with Crippen LogP contribution in [0.25, 0.3) is 0 Å². The average molecular weight is 263 g/mol. The molecule has 0 aliphatic heterocycles. The highest BCUT2D eigenvalue weighted by molar-refractivity contribution is 5.88. The molecule has 0 fully saturated rings. The Morgan fingerprint density at radius 1 is 1.56 bits per heavy atom. The van der Waals surface area contributed by atoms with E-state index in [1.54, 1.807) is 0 Å². The normalized spacial score (nSPS) is 13.3. The number of halogens is 3. The van der Waals surface area contributed by atoms with Crippen LogP contribution >= 0.6 is 0 Å². The quantitative estimate of drug-likeness (QED) is 0.844. The van der Waals surface area contributed by atoms with Crippen LogP contribution < -0.4 is 5.32 Å². The van der Waals surface area contributed by atoms with E-state index in [-0.39, 0.29) is 17.8 Å². The summed E-state index contributed by atoms with van der Waals surface area (Å²) in [6, 6.07) is -0.818. The smallest absolute Gasteiger partial charge is 0.390 e. The topological polar surface area (TPSA) is 75.1 Å². The number of aromatic carboxylic acids is 1. The third-order valence-corrected chi connectivity index (χ3v) is 2.18. The highest BCUT2D eigenvalue weighted by atomic mass is 19.4. The summed E-state index contributed by atoms with van der Waals surface area (Å²) in [6.07, 6.45) is -2.98. The standard InChI is InChI=1S/C10H12F3N3O2/c1-6(2-10(11,12)13)15-4-8-7(9(17)18)3-14-5-16-8/h3,5-6,15H,2,4H2,1H3,(H,17,18). The van der Waals surface area contributed by atoms with E-state index in [1.165, 1.54) is 6.92 Å². The number of hydrogen-bond acceptors (Lipinski definition) is 4. The summed E-state index contributed by atoms with van der Waals surface area (Å²) in [7, 11) is 0. The third kappa shape index (κ3) is 4.66. The lowest BCUT2D eigenvalue weighted by Gasteiger charge is -2.15. The van der Waals surface area contributed by atoms with Gasteiger partial charge < -0.3 is 10.4 Å². The Kier molecular flexibility index (Phi) is 4.60. The van der Waals surface area contributed by atoms with Gasteiger partial charge in [-0.05, 0) is 6.92 Å². The van der Waals surface area contributed by atoms with Crippen molar-refractivity contribution in [2.45, 2.75) is 32.1 Å². The molecule has 0 aliphatic carbocycles. The average Bonchev–Trinajstić information content (AvgIpc) is 2.24. The largest absolute Gasteiger partial charge is 0.478 e. The van der Waals surface area contributed by atoms with E-state index < -0.39 is 24.6 Å². The minimum atomic E-state index is -4.26. The van der Waals surface area contributed by atoms with Crippen LogP contribution in [0, 0.1) is 0 Å². The minimum absolute atomic E-state index is 0.0542. The zero-order valence-electron chi connectivity index (χ0n) is 9.53. The highest BCUT2D eigenvalue weighted by Crippen LogP contribution is 2.21. The van der Waals surface area contributed by atoms with Crippen molar-refractivity contribution in [1.29, 1.82) is 0 Å². The van der Waals surface area contributed by atoms with Gasteiger partial charge in [-0.1, -0.05) is 0 Å². The van der Waals surface area contributed by atoms with Gasteiger partial charge in [0.2, 0.25) is 0 Å². The Morgan fingerprint density at radius 3 is 2.78 bits per heavy atom. The minimum Gasteiger partial charge on any atom is -0.478 e. The fourth-order valence-electron chi connectivity index (χ4n) is 1.36. The predicted octanol–water partition coefficient (Wildman–Crippen LogP) is 1.61. The van der Waals surface area contributed by atoms with Crippen LogP contribution in [0.1, 0.15) is 29.4 Å². The van der Waals surface area contributed by atoms with Crippen LogP contribution in [0.4, 0.5) is 13.2 Å². The van der Waals surface area contributed by atoms with Crippen LogP contribution in [-0.2, 0) is 6.54 Å². The molecule has 8 heteroatoms. The first kappa shape index (κ1) is 14.4. The van der Waals surface area contributed by atoms with Crippen molar-refractivity contribution in [2.24, 2.45) is 0 Å². The van der Waals surface area contributed by atoms with Gasteiger partial charge >= 0.3 is 12.1 Å². The molecular formula is C10H12F3N3O2. The van der Waals surface area contributed by atoms with Gasteiger partial charge in [-0.3, -0.25) is 0 Å².